The average Bonchev–Trinajstić information content (AvgIpc) is 2.27. The quantitative estimate of drug-likeness (QED) is 0.617. The highest BCUT2D eigenvalue weighted by Crippen LogP contribution is 2.14. The van der Waals surface area contributed by atoms with Crippen LogP contribution in [-0.4, -0.2) is 6.54 Å². The molecule has 12 heavy (non-hydrogen) atoms. The molecule has 1 aliphatic heterocycles. The molecule has 0 aliphatic carbocycles. The zero-order chi connectivity index (χ0) is 8.81. The smallest absolute Gasteiger partial charge is 0.0329 e. The summed E-state index contributed by atoms with van der Waals surface area (Å²) in [5.41, 5.74) is 2.75. The SMILES string of the molecule is C=C/C=C\C1=C(C)CCCCN1. The van der Waals surface area contributed by atoms with E-state index in [9.17, 15) is 0 Å². The molecule has 66 valence electrons. The van der Waals surface area contributed by atoms with Gasteiger partial charge in [0.05, 0.1) is 0 Å². The Hall–Kier alpha value is -0.980. The van der Waals surface area contributed by atoms with Gasteiger partial charge in [-0.1, -0.05) is 24.3 Å². The van der Waals surface area contributed by atoms with Crippen LogP contribution in [0.25, 0.3) is 0 Å². The normalized spacial score (nSPS) is 19.1. The molecule has 1 heterocycles. The third kappa shape index (κ3) is 2.57. The molecule has 0 unspecified atom stereocenters. The van der Waals surface area contributed by atoms with Crippen LogP contribution in [0.1, 0.15) is 26.2 Å². The van der Waals surface area contributed by atoms with Gasteiger partial charge in [-0.05, 0) is 32.3 Å². The number of hydrogen-bond donors (Lipinski definition) is 1. The third-order valence-electron chi connectivity index (χ3n) is 2.15. The topological polar surface area (TPSA) is 12.0 Å². The van der Waals surface area contributed by atoms with E-state index in [4.69, 9.17) is 0 Å². The number of rotatable bonds is 2. The van der Waals surface area contributed by atoms with E-state index in [0.717, 1.165) is 6.54 Å². The first-order chi connectivity index (χ1) is 5.84. The van der Waals surface area contributed by atoms with Crippen molar-refractivity contribution >= 4 is 0 Å². The number of hydrogen-bond acceptors (Lipinski definition) is 1. The summed E-state index contributed by atoms with van der Waals surface area (Å²) in [4.78, 5) is 0. The molecule has 0 bridgehead atoms. The van der Waals surface area contributed by atoms with Gasteiger partial charge in [-0.15, -0.1) is 0 Å². The zero-order valence-corrected chi connectivity index (χ0v) is 7.77. The molecule has 1 N–H and O–H groups in total. The van der Waals surface area contributed by atoms with Crippen molar-refractivity contribution in [2.75, 3.05) is 6.54 Å². The minimum atomic E-state index is 1.11. The Morgan fingerprint density at radius 2 is 2.25 bits per heavy atom. The standard InChI is InChI=1S/C11H17N/c1-3-4-8-11-10(2)7-5-6-9-12-11/h3-4,8,12H,1,5-7,9H2,2H3/b8-4-. The minimum absolute atomic E-state index is 1.11. The maximum Gasteiger partial charge on any atom is 0.0329 e. The Morgan fingerprint density at radius 3 is 3.00 bits per heavy atom. The second-order valence-corrected chi connectivity index (χ2v) is 3.17. The highest BCUT2D eigenvalue weighted by atomic mass is 14.9. The first-order valence-corrected chi connectivity index (χ1v) is 4.57. The summed E-state index contributed by atoms with van der Waals surface area (Å²) in [6.45, 7) is 6.96. The van der Waals surface area contributed by atoms with E-state index in [1.807, 2.05) is 12.2 Å². The second kappa shape index (κ2) is 4.81. The first-order valence-electron chi connectivity index (χ1n) is 4.57. The molecule has 0 aromatic rings. The van der Waals surface area contributed by atoms with Crippen LogP contribution >= 0.6 is 0 Å². The van der Waals surface area contributed by atoms with Crippen LogP contribution in [0.3, 0.4) is 0 Å². The van der Waals surface area contributed by atoms with E-state index in [1.165, 1.54) is 30.5 Å². The third-order valence-corrected chi connectivity index (χ3v) is 2.15. The number of nitrogens with one attached hydrogen (secondary N) is 1. The van der Waals surface area contributed by atoms with Crippen molar-refractivity contribution in [3.05, 3.63) is 36.1 Å². The summed E-state index contributed by atoms with van der Waals surface area (Å²) in [7, 11) is 0. The molecule has 1 aliphatic rings. The van der Waals surface area contributed by atoms with Crippen molar-refractivity contribution in [2.45, 2.75) is 26.2 Å². The van der Waals surface area contributed by atoms with Gasteiger partial charge in [0, 0.05) is 12.2 Å². The van der Waals surface area contributed by atoms with Crippen LogP contribution in [0.15, 0.2) is 36.1 Å². The monoisotopic (exact) mass is 163 g/mol. The van der Waals surface area contributed by atoms with Crippen LogP contribution in [0.2, 0.25) is 0 Å². The molecule has 1 rings (SSSR count). The molecule has 0 fully saturated rings. The van der Waals surface area contributed by atoms with Crippen molar-refractivity contribution in [1.82, 2.24) is 5.32 Å². The molecule has 0 saturated heterocycles. The van der Waals surface area contributed by atoms with Gasteiger partial charge in [0.25, 0.3) is 0 Å². The Labute approximate surface area is 74.9 Å². The molecule has 0 saturated carbocycles. The molecule has 0 spiro atoms. The highest BCUT2D eigenvalue weighted by molar-refractivity contribution is 5.25. The zero-order valence-electron chi connectivity index (χ0n) is 7.77. The van der Waals surface area contributed by atoms with Crippen LogP contribution in [0.4, 0.5) is 0 Å². The number of allylic oxidation sites excluding steroid dienone is 4. The fourth-order valence-electron chi connectivity index (χ4n) is 1.39. The molecule has 1 nitrogen and oxygen atoms in total. The van der Waals surface area contributed by atoms with Gasteiger partial charge < -0.3 is 5.32 Å². The summed E-state index contributed by atoms with van der Waals surface area (Å²) in [6.07, 6.45) is 9.72. The van der Waals surface area contributed by atoms with E-state index in [1.54, 1.807) is 0 Å². The fraction of sp³-hybridized carbons (Fsp3) is 0.455. The van der Waals surface area contributed by atoms with Crippen LogP contribution in [0, 0.1) is 0 Å². The predicted octanol–water partition coefficient (Wildman–Crippen LogP) is 2.78. The summed E-state index contributed by atoms with van der Waals surface area (Å²) in [6, 6.07) is 0. The summed E-state index contributed by atoms with van der Waals surface area (Å²) >= 11 is 0. The molecular formula is C11H17N. The van der Waals surface area contributed by atoms with Crippen molar-refractivity contribution in [2.24, 2.45) is 0 Å². The van der Waals surface area contributed by atoms with Gasteiger partial charge in [-0.25, -0.2) is 0 Å². The molecule has 1 heteroatoms. The Morgan fingerprint density at radius 1 is 1.42 bits per heavy atom. The van der Waals surface area contributed by atoms with Crippen molar-refractivity contribution in [1.29, 1.82) is 0 Å². The van der Waals surface area contributed by atoms with Gasteiger partial charge in [-0.2, -0.15) is 0 Å². The molecule has 0 radical (unpaired) electrons. The first kappa shape index (κ1) is 9.11. The Bertz CT molecular complexity index is 211. The van der Waals surface area contributed by atoms with Gasteiger partial charge in [0.2, 0.25) is 0 Å². The van der Waals surface area contributed by atoms with Crippen molar-refractivity contribution in [3.63, 3.8) is 0 Å². The lowest BCUT2D eigenvalue weighted by Crippen LogP contribution is -2.12. The molecule has 0 aromatic carbocycles. The average molecular weight is 163 g/mol. The van der Waals surface area contributed by atoms with Gasteiger partial charge >= 0.3 is 0 Å². The van der Waals surface area contributed by atoms with Gasteiger partial charge in [-0.3, -0.25) is 0 Å². The second-order valence-electron chi connectivity index (χ2n) is 3.17. The van der Waals surface area contributed by atoms with Crippen molar-refractivity contribution < 1.29 is 0 Å². The fourth-order valence-corrected chi connectivity index (χ4v) is 1.39. The highest BCUT2D eigenvalue weighted by Gasteiger charge is 2.02. The molecule has 0 aromatic heterocycles. The van der Waals surface area contributed by atoms with E-state index in [0.29, 0.717) is 0 Å². The maximum absolute atomic E-state index is 3.66. The largest absolute Gasteiger partial charge is 0.385 e. The summed E-state index contributed by atoms with van der Waals surface area (Å²) in [5.74, 6) is 0. The van der Waals surface area contributed by atoms with Crippen LogP contribution < -0.4 is 5.32 Å². The Kier molecular flexibility index (Phi) is 3.65. The van der Waals surface area contributed by atoms with E-state index < -0.39 is 0 Å². The predicted molar refractivity (Wildman–Crippen MR) is 53.9 cm³/mol. The van der Waals surface area contributed by atoms with Gasteiger partial charge in [0.15, 0.2) is 0 Å². The molecular weight excluding hydrogens is 146 g/mol. The lowest BCUT2D eigenvalue weighted by atomic mass is 10.1. The minimum Gasteiger partial charge on any atom is -0.385 e. The van der Waals surface area contributed by atoms with Gasteiger partial charge in [0.1, 0.15) is 0 Å². The summed E-state index contributed by atoms with van der Waals surface area (Å²) < 4.78 is 0. The summed E-state index contributed by atoms with van der Waals surface area (Å²) in [5, 5.41) is 3.41. The molecule has 0 atom stereocenters. The Balaban J connectivity index is 2.67. The van der Waals surface area contributed by atoms with Crippen LogP contribution in [-0.2, 0) is 0 Å². The lowest BCUT2D eigenvalue weighted by Gasteiger charge is -2.05. The lowest BCUT2D eigenvalue weighted by molar-refractivity contribution is 0.719. The van der Waals surface area contributed by atoms with E-state index >= 15 is 0 Å². The van der Waals surface area contributed by atoms with E-state index in [-0.39, 0.29) is 0 Å². The maximum atomic E-state index is 3.66. The van der Waals surface area contributed by atoms with E-state index in [2.05, 4.69) is 24.9 Å². The van der Waals surface area contributed by atoms with Crippen molar-refractivity contribution in [3.8, 4) is 0 Å². The van der Waals surface area contributed by atoms with Crippen LogP contribution in [0.5, 0.6) is 0 Å². The molecule has 0 amide bonds.